The van der Waals surface area contributed by atoms with E-state index in [2.05, 4.69) is 25.8 Å². The molecule has 0 unspecified atom stereocenters. The number of hydrogen-bond acceptors (Lipinski definition) is 3. The van der Waals surface area contributed by atoms with E-state index in [1.807, 2.05) is 42.7 Å². The van der Waals surface area contributed by atoms with E-state index in [1.54, 1.807) is 11.8 Å². The average Bonchev–Trinajstić information content (AvgIpc) is 2.46. The van der Waals surface area contributed by atoms with Gasteiger partial charge in [-0.2, -0.15) is 0 Å². The van der Waals surface area contributed by atoms with Crippen molar-refractivity contribution < 1.29 is 4.74 Å². The number of alkyl halides is 1. The summed E-state index contributed by atoms with van der Waals surface area (Å²) in [5.74, 6) is 1.87. The largest absolute Gasteiger partial charge is 0.438 e. The van der Waals surface area contributed by atoms with Crippen molar-refractivity contribution in [3.05, 3.63) is 47.7 Å². The van der Waals surface area contributed by atoms with Crippen LogP contribution in [0.2, 0.25) is 0 Å². The number of halogens is 1. The summed E-state index contributed by atoms with van der Waals surface area (Å²) in [7, 11) is 0. The molecule has 0 fully saturated rings. The molecular formula is C17H20ClNOS. The van der Waals surface area contributed by atoms with Gasteiger partial charge in [0.25, 0.3) is 0 Å². The maximum atomic E-state index is 6.00. The van der Waals surface area contributed by atoms with Gasteiger partial charge in [-0.3, -0.25) is 0 Å². The van der Waals surface area contributed by atoms with Gasteiger partial charge in [-0.15, -0.1) is 23.4 Å². The van der Waals surface area contributed by atoms with Crippen LogP contribution >= 0.6 is 23.4 Å². The number of ether oxygens (including phenoxy) is 1. The van der Waals surface area contributed by atoms with Gasteiger partial charge < -0.3 is 4.74 Å². The standard InChI is InChI=1S/C17H20ClNOS/c1-17(2,3)15-9-12(11-18)10-16(19-15)20-13-7-5-6-8-14(13)21-4/h5-10H,11H2,1-4H3. The van der Waals surface area contributed by atoms with Crippen molar-refractivity contribution in [3.63, 3.8) is 0 Å². The van der Waals surface area contributed by atoms with Crippen LogP contribution in [0, 0.1) is 0 Å². The van der Waals surface area contributed by atoms with Gasteiger partial charge in [0, 0.05) is 22.3 Å². The number of pyridine rings is 1. The molecule has 0 radical (unpaired) electrons. The Morgan fingerprint density at radius 2 is 1.90 bits per heavy atom. The predicted molar refractivity (Wildman–Crippen MR) is 90.8 cm³/mol. The Balaban J connectivity index is 2.39. The van der Waals surface area contributed by atoms with Crippen molar-refractivity contribution in [3.8, 4) is 11.6 Å². The van der Waals surface area contributed by atoms with Crippen molar-refractivity contribution in [1.29, 1.82) is 0 Å². The molecule has 2 aromatic rings. The number of rotatable bonds is 4. The Labute approximate surface area is 135 Å². The van der Waals surface area contributed by atoms with Gasteiger partial charge in [0.1, 0.15) is 5.75 Å². The highest BCUT2D eigenvalue weighted by Crippen LogP contribution is 2.32. The third kappa shape index (κ3) is 4.14. The van der Waals surface area contributed by atoms with E-state index in [-0.39, 0.29) is 5.41 Å². The Kier molecular flexibility index (Phi) is 5.17. The van der Waals surface area contributed by atoms with E-state index < -0.39 is 0 Å². The fraction of sp³-hybridized carbons (Fsp3) is 0.353. The van der Waals surface area contributed by atoms with Gasteiger partial charge in [0.05, 0.1) is 5.69 Å². The number of benzene rings is 1. The van der Waals surface area contributed by atoms with Crippen LogP contribution in [0.5, 0.6) is 11.6 Å². The molecule has 0 saturated carbocycles. The molecule has 1 heterocycles. The summed E-state index contributed by atoms with van der Waals surface area (Å²) in [6, 6.07) is 11.9. The van der Waals surface area contributed by atoms with Crippen molar-refractivity contribution in [2.45, 2.75) is 37.0 Å². The lowest BCUT2D eigenvalue weighted by Crippen LogP contribution is -2.14. The Morgan fingerprint density at radius 3 is 2.52 bits per heavy atom. The van der Waals surface area contributed by atoms with Crippen LogP contribution in [0.1, 0.15) is 32.0 Å². The zero-order chi connectivity index (χ0) is 15.5. The molecule has 112 valence electrons. The molecule has 0 spiro atoms. The second-order valence-corrected chi connectivity index (χ2v) is 6.95. The summed E-state index contributed by atoms with van der Waals surface area (Å²) >= 11 is 7.65. The Hall–Kier alpha value is -1.19. The second kappa shape index (κ2) is 6.71. The first-order chi connectivity index (χ1) is 9.94. The summed E-state index contributed by atoms with van der Waals surface area (Å²) in [6.45, 7) is 6.40. The third-order valence-electron chi connectivity index (χ3n) is 3.07. The highest BCUT2D eigenvalue weighted by atomic mass is 35.5. The summed E-state index contributed by atoms with van der Waals surface area (Å²) in [6.07, 6.45) is 2.03. The number of para-hydroxylation sites is 1. The fourth-order valence-corrected chi connectivity index (χ4v) is 2.57. The third-order valence-corrected chi connectivity index (χ3v) is 4.15. The first-order valence-electron chi connectivity index (χ1n) is 6.82. The summed E-state index contributed by atoms with van der Waals surface area (Å²) in [4.78, 5) is 5.72. The van der Waals surface area contributed by atoms with Crippen LogP contribution in [0.4, 0.5) is 0 Å². The molecule has 0 amide bonds. The molecule has 0 saturated heterocycles. The minimum atomic E-state index is -0.0425. The monoisotopic (exact) mass is 321 g/mol. The van der Waals surface area contributed by atoms with E-state index in [0.29, 0.717) is 11.8 Å². The van der Waals surface area contributed by atoms with Crippen molar-refractivity contribution in [1.82, 2.24) is 4.98 Å². The molecule has 21 heavy (non-hydrogen) atoms. The van der Waals surface area contributed by atoms with E-state index >= 15 is 0 Å². The maximum absolute atomic E-state index is 6.00. The molecule has 2 nitrogen and oxygen atoms in total. The molecule has 1 aromatic carbocycles. The minimum absolute atomic E-state index is 0.0425. The van der Waals surface area contributed by atoms with Crippen LogP contribution in [-0.4, -0.2) is 11.2 Å². The first-order valence-corrected chi connectivity index (χ1v) is 8.58. The lowest BCUT2D eigenvalue weighted by molar-refractivity contribution is 0.442. The van der Waals surface area contributed by atoms with Gasteiger partial charge in [-0.25, -0.2) is 4.98 Å². The second-order valence-electron chi connectivity index (χ2n) is 5.84. The zero-order valence-electron chi connectivity index (χ0n) is 12.8. The van der Waals surface area contributed by atoms with Crippen molar-refractivity contribution in [2.24, 2.45) is 0 Å². The van der Waals surface area contributed by atoms with Gasteiger partial charge in [-0.05, 0) is 30.0 Å². The molecule has 0 atom stereocenters. The van der Waals surface area contributed by atoms with Crippen LogP contribution in [0.3, 0.4) is 0 Å². The van der Waals surface area contributed by atoms with Crippen LogP contribution in [-0.2, 0) is 11.3 Å². The number of nitrogens with zero attached hydrogens (tertiary/aromatic N) is 1. The van der Waals surface area contributed by atoms with E-state index in [0.717, 1.165) is 21.9 Å². The van der Waals surface area contributed by atoms with Crippen molar-refractivity contribution in [2.75, 3.05) is 6.26 Å². The van der Waals surface area contributed by atoms with E-state index in [9.17, 15) is 0 Å². The predicted octanol–water partition coefficient (Wildman–Crippen LogP) is 5.63. The number of thioether (sulfide) groups is 1. The van der Waals surface area contributed by atoms with Gasteiger partial charge >= 0.3 is 0 Å². The summed E-state index contributed by atoms with van der Waals surface area (Å²) < 4.78 is 5.99. The molecule has 0 N–H and O–H groups in total. The van der Waals surface area contributed by atoms with Crippen LogP contribution in [0.25, 0.3) is 0 Å². The molecular weight excluding hydrogens is 302 g/mol. The Bertz CT molecular complexity index is 622. The van der Waals surface area contributed by atoms with Gasteiger partial charge in [0.2, 0.25) is 5.88 Å². The maximum Gasteiger partial charge on any atom is 0.219 e. The lowest BCUT2D eigenvalue weighted by Gasteiger charge is -2.20. The zero-order valence-corrected chi connectivity index (χ0v) is 14.4. The molecule has 0 aliphatic heterocycles. The first kappa shape index (κ1) is 16.2. The van der Waals surface area contributed by atoms with E-state index in [4.69, 9.17) is 16.3 Å². The minimum Gasteiger partial charge on any atom is -0.438 e. The molecule has 1 aromatic heterocycles. The summed E-state index contributed by atoms with van der Waals surface area (Å²) in [5, 5.41) is 0. The highest BCUT2D eigenvalue weighted by molar-refractivity contribution is 7.98. The Morgan fingerprint density at radius 1 is 1.19 bits per heavy atom. The smallest absolute Gasteiger partial charge is 0.219 e. The van der Waals surface area contributed by atoms with Crippen LogP contribution in [0.15, 0.2) is 41.3 Å². The molecule has 0 bridgehead atoms. The molecule has 4 heteroatoms. The number of aromatic nitrogens is 1. The van der Waals surface area contributed by atoms with E-state index in [1.165, 1.54) is 0 Å². The average molecular weight is 322 g/mol. The normalized spacial score (nSPS) is 11.5. The van der Waals surface area contributed by atoms with Crippen molar-refractivity contribution >= 4 is 23.4 Å². The number of hydrogen-bond donors (Lipinski definition) is 0. The van der Waals surface area contributed by atoms with Gasteiger partial charge in [-0.1, -0.05) is 32.9 Å². The molecule has 2 rings (SSSR count). The topological polar surface area (TPSA) is 22.1 Å². The molecule has 0 aliphatic carbocycles. The molecule has 0 aliphatic rings. The van der Waals surface area contributed by atoms with Crippen LogP contribution < -0.4 is 4.74 Å². The fourth-order valence-electron chi connectivity index (χ4n) is 1.89. The van der Waals surface area contributed by atoms with Gasteiger partial charge in [0.15, 0.2) is 0 Å². The quantitative estimate of drug-likeness (QED) is 0.538. The SMILES string of the molecule is CSc1ccccc1Oc1cc(CCl)cc(C(C)(C)C)n1. The highest BCUT2D eigenvalue weighted by Gasteiger charge is 2.18. The lowest BCUT2D eigenvalue weighted by atomic mass is 9.91. The summed E-state index contributed by atoms with van der Waals surface area (Å²) in [5.41, 5.74) is 1.96.